The molecule has 0 atom stereocenters. The summed E-state index contributed by atoms with van der Waals surface area (Å²) in [7, 11) is 0. The molecule has 0 saturated heterocycles. The highest BCUT2D eigenvalue weighted by Crippen LogP contribution is 2.28. The molecule has 0 aliphatic rings. The SMILES string of the molecule is O=C(Nc1ccc(Cl)c([N+](=O)[O-])c1)c1ccccc1Cl. The molecule has 2 rings (SSSR count). The highest BCUT2D eigenvalue weighted by atomic mass is 35.5. The van der Waals surface area contributed by atoms with Crippen LogP contribution in [0.1, 0.15) is 10.4 Å². The van der Waals surface area contributed by atoms with Gasteiger partial charge in [0.2, 0.25) is 0 Å². The molecule has 1 amide bonds. The van der Waals surface area contributed by atoms with Gasteiger partial charge >= 0.3 is 0 Å². The molecular formula is C13H8Cl2N2O3. The Morgan fingerprint density at radius 1 is 1.10 bits per heavy atom. The van der Waals surface area contributed by atoms with Crippen LogP contribution in [-0.4, -0.2) is 10.8 Å². The summed E-state index contributed by atoms with van der Waals surface area (Å²) in [6.07, 6.45) is 0. The van der Waals surface area contributed by atoms with Crippen LogP contribution >= 0.6 is 23.2 Å². The first kappa shape index (κ1) is 14.3. The van der Waals surface area contributed by atoms with Crippen molar-refractivity contribution in [3.8, 4) is 0 Å². The summed E-state index contributed by atoms with van der Waals surface area (Å²) in [6.45, 7) is 0. The Morgan fingerprint density at radius 2 is 1.80 bits per heavy atom. The second-order valence-corrected chi connectivity index (χ2v) is 4.67. The summed E-state index contributed by atoms with van der Waals surface area (Å²) < 4.78 is 0. The van der Waals surface area contributed by atoms with Gasteiger partial charge in [0.05, 0.1) is 15.5 Å². The average molecular weight is 311 g/mol. The van der Waals surface area contributed by atoms with Gasteiger partial charge in [0.15, 0.2) is 0 Å². The minimum absolute atomic E-state index is 0.00532. The lowest BCUT2D eigenvalue weighted by molar-refractivity contribution is -0.384. The topological polar surface area (TPSA) is 72.2 Å². The van der Waals surface area contributed by atoms with E-state index < -0.39 is 10.8 Å². The van der Waals surface area contributed by atoms with Gasteiger partial charge in [-0.15, -0.1) is 0 Å². The van der Waals surface area contributed by atoms with E-state index in [1.807, 2.05) is 0 Å². The zero-order valence-electron chi connectivity index (χ0n) is 9.97. The van der Waals surface area contributed by atoms with E-state index in [1.165, 1.54) is 18.2 Å². The van der Waals surface area contributed by atoms with Crippen LogP contribution in [0.3, 0.4) is 0 Å². The lowest BCUT2D eigenvalue weighted by Crippen LogP contribution is -2.12. The fraction of sp³-hybridized carbons (Fsp3) is 0. The summed E-state index contributed by atoms with van der Waals surface area (Å²) in [4.78, 5) is 22.2. The van der Waals surface area contributed by atoms with E-state index in [2.05, 4.69) is 5.32 Å². The predicted molar refractivity (Wildman–Crippen MR) is 77.5 cm³/mol. The summed E-state index contributed by atoms with van der Waals surface area (Å²) >= 11 is 11.6. The third kappa shape index (κ3) is 3.07. The van der Waals surface area contributed by atoms with Gasteiger partial charge in [-0.05, 0) is 24.3 Å². The number of hydrogen-bond donors (Lipinski definition) is 1. The number of halogens is 2. The van der Waals surface area contributed by atoms with Crippen LogP contribution in [0.4, 0.5) is 11.4 Å². The van der Waals surface area contributed by atoms with E-state index in [0.717, 1.165) is 0 Å². The number of nitro groups is 1. The predicted octanol–water partition coefficient (Wildman–Crippen LogP) is 4.15. The van der Waals surface area contributed by atoms with Gasteiger partial charge in [0.1, 0.15) is 5.02 Å². The minimum Gasteiger partial charge on any atom is -0.322 e. The molecule has 0 aliphatic heterocycles. The van der Waals surface area contributed by atoms with Gasteiger partial charge in [-0.25, -0.2) is 0 Å². The lowest BCUT2D eigenvalue weighted by atomic mass is 10.2. The van der Waals surface area contributed by atoms with Crippen LogP contribution in [0.15, 0.2) is 42.5 Å². The van der Waals surface area contributed by atoms with E-state index in [9.17, 15) is 14.9 Å². The van der Waals surface area contributed by atoms with E-state index in [4.69, 9.17) is 23.2 Å². The summed E-state index contributed by atoms with van der Waals surface area (Å²) in [5.74, 6) is -0.452. The summed E-state index contributed by atoms with van der Waals surface area (Å²) in [5.41, 5.74) is 0.279. The Balaban J connectivity index is 2.27. The van der Waals surface area contributed by atoms with Crippen LogP contribution in [0.5, 0.6) is 0 Å². The number of nitrogens with zero attached hydrogens (tertiary/aromatic N) is 1. The Labute approximate surface area is 124 Å². The van der Waals surface area contributed by atoms with Crippen molar-refractivity contribution in [2.75, 3.05) is 5.32 Å². The Hall–Kier alpha value is -2.11. The number of carbonyl (C=O) groups is 1. The average Bonchev–Trinajstić information content (AvgIpc) is 2.41. The van der Waals surface area contributed by atoms with E-state index >= 15 is 0 Å². The van der Waals surface area contributed by atoms with Gasteiger partial charge in [-0.2, -0.15) is 0 Å². The molecule has 0 radical (unpaired) electrons. The summed E-state index contributed by atoms with van der Waals surface area (Å²) in [5, 5.41) is 13.6. The Morgan fingerprint density at radius 3 is 2.45 bits per heavy atom. The van der Waals surface area contributed by atoms with Crippen LogP contribution in [0.25, 0.3) is 0 Å². The second-order valence-electron chi connectivity index (χ2n) is 3.86. The first-order valence-electron chi connectivity index (χ1n) is 5.49. The molecule has 0 saturated carbocycles. The van der Waals surface area contributed by atoms with Gasteiger partial charge in [0.25, 0.3) is 11.6 Å². The fourth-order valence-electron chi connectivity index (χ4n) is 1.57. The van der Waals surface area contributed by atoms with Crippen molar-refractivity contribution in [3.05, 3.63) is 68.2 Å². The van der Waals surface area contributed by atoms with Crippen molar-refractivity contribution in [1.82, 2.24) is 0 Å². The van der Waals surface area contributed by atoms with Crippen molar-refractivity contribution >= 4 is 40.5 Å². The number of nitrogens with one attached hydrogen (secondary N) is 1. The summed E-state index contributed by atoms with van der Waals surface area (Å²) in [6, 6.07) is 10.5. The fourth-order valence-corrected chi connectivity index (χ4v) is 1.98. The van der Waals surface area contributed by atoms with Crippen molar-refractivity contribution in [2.45, 2.75) is 0 Å². The zero-order chi connectivity index (χ0) is 14.7. The van der Waals surface area contributed by atoms with E-state index in [1.54, 1.807) is 24.3 Å². The maximum Gasteiger partial charge on any atom is 0.289 e. The van der Waals surface area contributed by atoms with Crippen molar-refractivity contribution < 1.29 is 9.72 Å². The van der Waals surface area contributed by atoms with Crippen molar-refractivity contribution in [2.24, 2.45) is 0 Å². The minimum atomic E-state index is -0.618. The number of anilines is 1. The molecule has 102 valence electrons. The van der Waals surface area contributed by atoms with Crippen LogP contribution in [-0.2, 0) is 0 Å². The highest BCUT2D eigenvalue weighted by Gasteiger charge is 2.15. The molecule has 0 heterocycles. The zero-order valence-corrected chi connectivity index (χ0v) is 11.5. The smallest absolute Gasteiger partial charge is 0.289 e. The molecule has 0 spiro atoms. The molecular weight excluding hydrogens is 303 g/mol. The lowest BCUT2D eigenvalue weighted by Gasteiger charge is -2.07. The third-order valence-electron chi connectivity index (χ3n) is 2.52. The molecule has 1 N–H and O–H groups in total. The number of amides is 1. The van der Waals surface area contributed by atoms with Gasteiger partial charge in [0, 0.05) is 11.8 Å². The van der Waals surface area contributed by atoms with Crippen LogP contribution in [0.2, 0.25) is 10.0 Å². The Kier molecular flexibility index (Phi) is 4.22. The quantitative estimate of drug-likeness (QED) is 0.683. The van der Waals surface area contributed by atoms with Crippen molar-refractivity contribution in [1.29, 1.82) is 0 Å². The van der Waals surface area contributed by atoms with Crippen molar-refractivity contribution in [3.63, 3.8) is 0 Å². The number of rotatable bonds is 3. The second kappa shape index (κ2) is 5.90. The number of nitro benzene ring substituents is 1. The monoisotopic (exact) mass is 310 g/mol. The van der Waals surface area contributed by atoms with Gasteiger partial charge < -0.3 is 5.32 Å². The maximum atomic E-state index is 12.0. The normalized spacial score (nSPS) is 10.1. The molecule has 0 bridgehead atoms. The first-order valence-corrected chi connectivity index (χ1v) is 6.24. The molecule has 5 nitrogen and oxygen atoms in total. The number of hydrogen-bond acceptors (Lipinski definition) is 3. The maximum absolute atomic E-state index is 12.0. The number of benzene rings is 2. The van der Waals surface area contributed by atoms with Crippen LogP contribution < -0.4 is 5.32 Å². The molecule has 2 aromatic rings. The molecule has 20 heavy (non-hydrogen) atoms. The Bertz CT molecular complexity index is 689. The molecule has 7 heteroatoms. The standard InChI is InChI=1S/C13H8Cl2N2O3/c14-10-4-2-1-3-9(10)13(18)16-8-5-6-11(15)12(7-8)17(19)20/h1-7H,(H,16,18). The molecule has 0 aromatic heterocycles. The van der Waals surface area contributed by atoms with Gasteiger partial charge in [-0.1, -0.05) is 35.3 Å². The third-order valence-corrected chi connectivity index (χ3v) is 3.17. The first-order chi connectivity index (χ1) is 9.49. The molecule has 0 aliphatic carbocycles. The molecule has 2 aromatic carbocycles. The molecule has 0 fully saturated rings. The van der Waals surface area contributed by atoms with E-state index in [-0.39, 0.29) is 22.0 Å². The van der Waals surface area contributed by atoms with E-state index in [0.29, 0.717) is 5.02 Å². The molecule has 0 unspecified atom stereocenters. The highest BCUT2D eigenvalue weighted by molar-refractivity contribution is 6.34. The van der Waals surface area contributed by atoms with Gasteiger partial charge in [-0.3, -0.25) is 14.9 Å². The van der Waals surface area contributed by atoms with Crippen LogP contribution in [0, 0.1) is 10.1 Å². The number of carbonyl (C=O) groups excluding carboxylic acids is 1. The largest absolute Gasteiger partial charge is 0.322 e.